The summed E-state index contributed by atoms with van der Waals surface area (Å²) in [5, 5.41) is 93.9. The Kier molecular flexibility index (Phi) is 14.7. The predicted octanol–water partition coefficient (Wildman–Crippen LogP) is -1.95. The molecule has 0 aliphatic carbocycles. The first kappa shape index (κ1) is 42.5. The highest BCUT2D eigenvalue weighted by Crippen LogP contribution is 2.33. The summed E-state index contributed by atoms with van der Waals surface area (Å²) in [5.41, 5.74) is 1.06. The lowest BCUT2D eigenvalue weighted by Gasteiger charge is -2.47. The van der Waals surface area contributed by atoms with E-state index in [2.05, 4.69) is 0 Å². The number of carbonyl (C=O) groups excluding carboxylic acids is 1. The van der Waals surface area contributed by atoms with Gasteiger partial charge in [-0.05, 0) is 54.8 Å². The lowest BCUT2D eigenvalue weighted by molar-refractivity contribution is -0.362. The van der Waals surface area contributed by atoms with Gasteiger partial charge in [0.2, 0.25) is 0 Å². The Hall–Kier alpha value is -3.67. The van der Waals surface area contributed by atoms with Crippen LogP contribution in [0.3, 0.4) is 0 Å². The second-order valence-corrected chi connectivity index (χ2v) is 13.2. The van der Waals surface area contributed by atoms with Gasteiger partial charge < -0.3 is 88.6 Å². The van der Waals surface area contributed by atoms with Gasteiger partial charge >= 0.3 is 5.97 Å². The number of methoxy groups -OCH3 is 2. The minimum atomic E-state index is -1.84. The SMILES string of the molecule is COc1ccc(CCO[C@H]2O[C@@H](CO[C@@H]3OC[C@@H](O)[C@H](O)[C@H]3O)[C@@H](OC(=O)/C=C\c3ccc(O)c(OC)c3)[C@H](O[C@@H]3O[C@H](C)[C@H](O)[C@H](O)[C@H]3O)[C@H]2O)cc1O. The molecule has 0 bridgehead atoms. The van der Waals surface area contributed by atoms with Crippen molar-refractivity contribution in [3.63, 3.8) is 0 Å². The van der Waals surface area contributed by atoms with Crippen LogP contribution in [0.2, 0.25) is 0 Å². The fourth-order valence-corrected chi connectivity index (χ4v) is 6.18. The van der Waals surface area contributed by atoms with Gasteiger partial charge in [-0.25, -0.2) is 4.79 Å². The van der Waals surface area contributed by atoms with E-state index in [4.69, 9.17) is 42.6 Å². The lowest BCUT2D eigenvalue weighted by atomic mass is 9.96. The number of hydrogen-bond acceptors (Lipinski definition) is 19. The van der Waals surface area contributed by atoms with Crippen molar-refractivity contribution >= 4 is 12.0 Å². The maximum absolute atomic E-state index is 13.4. The third-order valence-corrected chi connectivity index (χ3v) is 9.38. The number of carbonyl (C=O) groups is 1. The minimum absolute atomic E-state index is 0.101. The van der Waals surface area contributed by atoms with Crippen LogP contribution in [0.25, 0.3) is 6.08 Å². The van der Waals surface area contributed by atoms with E-state index in [9.17, 15) is 50.8 Å². The molecule has 19 nitrogen and oxygen atoms in total. The molecule has 0 amide bonds. The van der Waals surface area contributed by atoms with Crippen molar-refractivity contribution in [2.24, 2.45) is 0 Å². The molecule has 3 aliphatic heterocycles. The zero-order chi connectivity index (χ0) is 40.0. The first-order valence-corrected chi connectivity index (χ1v) is 17.4. The quantitative estimate of drug-likeness (QED) is 0.0744. The maximum atomic E-state index is 13.4. The highest BCUT2D eigenvalue weighted by Gasteiger charge is 2.53. The number of aliphatic hydroxyl groups excluding tert-OH is 7. The summed E-state index contributed by atoms with van der Waals surface area (Å²) in [7, 11) is 2.75. The van der Waals surface area contributed by atoms with Gasteiger partial charge in [-0.1, -0.05) is 12.1 Å². The van der Waals surface area contributed by atoms with Crippen molar-refractivity contribution in [1.29, 1.82) is 0 Å². The van der Waals surface area contributed by atoms with Crippen LogP contribution in [0.5, 0.6) is 23.0 Å². The standard InChI is InChI=1S/C36H48O19/c1-16-26(41)28(43)30(45)36(52-16)55-33-31(46)35(49-11-10-18-5-8-22(47-2)20(38)12-18)53-24(15-51-34-29(44)27(42)21(39)14-50-34)32(33)54-25(40)9-6-17-4-7-19(37)23(13-17)48-3/h4-9,12-13,16,21,24,26-39,41-46H,10-11,14-15H2,1-3H3/b9-6-/t16-,21-,24+,26+,27+,28+,29-,30-,31-,32-,33-,34+,35+,36+/m1/s1. The Morgan fingerprint density at radius 3 is 2.20 bits per heavy atom. The third-order valence-electron chi connectivity index (χ3n) is 9.38. The number of phenols is 2. The monoisotopic (exact) mass is 784 g/mol. The van der Waals surface area contributed by atoms with Gasteiger partial charge in [0, 0.05) is 6.08 Å². The second kappa shape index (κ2) is 19.0. The zero-order valence-electron chi connectivity index (χ0n) is 30.1. The molecule has 0 aromatic heterocycles. The number of hydrogen-bond donors (Lipinski definition) is 9. The molecule has 3 saturated heterocycles. The fourth-order valence-electron chi connectivity index (χ4n) is 6.18. The number of phenolic OH excluding ortho intramolecular Hbond substituents is 2. The Morgan fingerprint density at radius 1 is 0.764 bits per heavy atom. The number of rotatable bonds is 14. The van der Waals surface area contributed by atoms with Gasteiger partial charge in [-0.3, -0.25) is 0 Å². The van der Waals surface area contributed by atoms with Crippen molar-refractivity contribution in [3.05, 3.63) is 53.6 Å². The van der Waals surface area contributed by atoms with Crippen molar-refractivity contribution < 1.29 is 93.4 Å². The van der Waals surface area contributed by atoms with E-state index in [0.29, 0.717) is 11.1 Å². The highest BCUT2D eigenvalue weighted by molar-refractivity contribution is 5.87. The first-order valence-electron chi connectivity index (χ1n) is 17.4. The molecule has 0 radical (unpaired) electrons. The summed E-state index contributed by atoms with van der Waals surface area (Å²) >= 11 is 0. The summed E-state index contributed by atoms with van der Waals surface area (Å²) in [5.74, 6) is -0.848. The van der Waals surface area contributed by atoms with Gasteiger partial charge in [-0.2, -0.15) is 0 Å². The molecule has 0 spiro atoms. The first-order chi connectivity index (χ1) is 26.2. The molecule has 0 saturated carbocycles. The average Bonchev–Trinajstić information content (AvgIpc) is 3.17. The fraction of sp³-hybridized carbons (Fsp3) is 0.583. The van der Waals surface area contributed by atoms with E-state index in [1.165, 1.54) is 51.5 Å². The predicted molar refractivity (Wildman–Crippen MR) is 183 cm³/mol. The highest BCUT2D eigenvalue weighted by atomic mass is 16.8. The molecule has 0 unspecified atom stereocenters. The van der Waals surface area contributed by atoms with Crippen molar-refractivity contribution in [2.75, 3.05) is 34.0 Å². The lowest BCUT2D eigenvalue weighted by Crippen LogP contribution is -2.65. The Morgan fingerprint density at radius 2 is 1.49 bits per heavy atom. The number of ether oxygens (including phenoxy) is 9. The molecule has 19 heteroatoms. The van der Waals surface area contributed by atoms with Crippen molar-refractivity contribution in [3.8, 4) is 23.0 Å². The summed E-state index contributed by atoms with van der Waals surface area (Å²) in [6.07, 6.45) is -19.4. The molecular formula is C36H48O19. The third kappa shape index (κ3) is 10.2. The van der Waals surface area contributed by atoms with Gasteiger partial charge in [0.05, 0.1) is 40.1 Å². The molecular weight excluding hydrogens is 736 g/mol. The second-order valence-electron chi connectivity index (χ2n) is 13.2. The van der Waals surface area contributed by atoms with Crippen molar-refractivity contribution in [2.45, 2.75) is 99.4 Å². The van der Waals surface area contributed by atoms with Crippen LogP contribution in [0.1, 0.15) is 18.1 Å². The van der Waals surface area contributed by atoms with E-state index in [-0.39, 0.29) is 42.6 Å². The van der Waals surface area contributed by atoms with Gasteiger partial charge in [0.15, 0.2) is 48.0 Å². The molecule has 3 fully saturated rings. The molecule has 2 aromatic rings. The molecule has 2 aromatic carbocycles. The Bertz CT molecular complexity index is 1590. The normalized spacial score (nSPS) is 35.4. The van der Waals surface area contributed by atoms with Crippen LogP contribution in [0, 0.1) is 0 Å². The minimum Gasteiger partial charge on any atom is -0.504 e. The van der Waals surface area contributed by atoms with Crippen molar-refractivity contribution in [1.82, 2.24) is 0 Å². The number of aromatic hydroxyl groups is 2. The smallest absolute Gasteiger partial charge is 0.331 e. The van der Waals surface area contributed by atoms with Crippen LogP contribution >= 0.6 is 0 Å². The Labute approximate surface area is 315 Å². The summed E-state index contributed by atoms with van der Waals surface area (Å²) < 4.78 is 50.6. The van der Waals surface area contributed by atoms with E-state index in [1.807, 2.05) is 0 Å². The van der Waals surface area contributed by atoms with E-state index >= 15 is 0 Å². The molecule has 3 aliphatic rings. The van der Waals surface area contributed by atoms with E-state index < -0.39 is 98.6 Å². The summed E-state index contributed by atoms with van der Waals surface area (Å²) in [4.78, 5) is 13.4. The topological polar surface area (TPSA) is 282 Å². The number of benzene rings is 2. The summed E-state index contributed by atoms with van der Waals surface area (Å²) in [6.45, 7) is 0.361. The molecule has 55 heavy (non-hydrogen) atoms. The maximum Gasteiger partial charge on any atom is 0.331 e. The molecule has 14 atom stereocenters. The average molecular weight is 785 g/mol. The number of aliphatic hydroxyl groups is 7. The van der Waals surface area contributed by atoms with Gasteiger partial charge in [0.1, 0.15) is 54.9 Å². The molecule has 9 N–H and O–H groups in total. The molecule has 306 valence electrons. The van der Waals surface area contributed by atoms with Crippen LogP contribution in [-0.4, -0.2) is 172 Å². The van der Waals surface area contributed by atoms with Gasteiger partial charge in [-0.15, -0.1) is 0 Å². The van der Waals surface area contributed by atoms with Crippen LogP contribution in [0.15, 0.2) is 42.5 Å². The van der Waals surface area contributed by atoms with Crippen LogP contribution in [0.4, 0.5) is 0 Å². The molecule has 3 heterocycles. The van der Waals surface area contributed by atoms with Crippen LogP contribution in [-0.2, 0) is 44.4 Å². The van der Waals surface area contributed by atoms with Gasteiger partial charge in [0.25, 0.3) is 0 Å². The van der Waals surface area contributed by atoms with Crippen LogP contribution < -0.4 is 9.47 Å². The Balaban J connectivity index is 1.42. The largest absolute Gasteiger partial charge is 0.504 e. The van der Waals surface area contributed by atoms with E-state index in [0.717, 1.165) is 6.08 Å². The molecule has 5 rings (SSSR count). The van der Waals surface area contributed by atoms with E-state index in [1.54, 1.807) is 12.1 Å². The number of esters is 1. The zero-order valence-corrected chi connectivity index (χ0v) is 30.1. The summed E-state index contributed by atoms with van der Waals surface area (Å²) in [6, 6.07) is 9.00.